The molecule has 0 saturated carbocycles. The molecule has 9 nitrogen and oxygen atoms in total. The second kappa shape index (κ2) is 10.2. The first kappa shape index (κ1) is 26.5. The first-order valence-electron chi connectivity index (χ1n) is 12.5. The van der Waals surface area contributed by atoms with Gasteiger partial charge in [-0.05, 0) is 63.2 Å². The number of esters is 1. The quantitative estimate of drug-likeness (QED) is 0.331. The summed E-state index contributed by atoms with van der Waals surface area (Å²) in [6.45, 7) is 5.09. The van der Waals surface area contributed by atoms with Crippen LogP contribution in [0.4, 0.5) is 0 Å². The molecule has 1 aliphatic heterocycles. The van der Waals surface area contributed by atoms with E-state index in [2.05, 4.69) is 0 Å². The van der Waals surface area contributed by atoms with Crippen molar-refractivity contribution in [2.45, 2.75) is 31.8 Å². The van der Waals surface area contributed by atoms with E-state index in [1.807, 2.05) is 48.7 Å². The van der Waals surface area contributed by atoms with E-state index in [0.717, 1.165) is 16.8 Å². The maximum Gasteiger partial charge on any atom is 0.340 e. The molecule has 0 spiro atoms. The fourth-order valence-corrected chi connectivity index (χ4v) is 6.43. The fourth-order valence-electron chi connectivity index (χ4n) is 4.82. The van der Waals surface area contributed by atoms with Gasteiger partial charge >= 0.3 is 5.97 Å². The van der Waals surface area contributed by atoms with Crippen LogP contribution in [0.1, 0.15) is 38.9 Å². The molecule has 1 amide bonds. The number of aliphatic hydroxyl groups excluding tert-OH is 1. The molecule has 39 heavy (non-hydrogen) atoms. The number of fused-ring (bicyclic) bond motifs is 2. The summed E-state index contributed by atoms with van der Waals surface area (Å²) in [7, 11) is -4.04. The molecule has 3 aromatic carbocycles. The van der Waals surface area contributed by atoms with Crippen molar-refractivity contribution in [3.8, 4) is 11.4 Å². The van der Waals surface area contributed by atoms with Crippen LogP contribution in [-0.4, -0.2) is 60.1 Å². The highest BCUT2D eigenvalue weighted by molar-refractivity contribution is 7.90. The number of β-amino-alcohol motifs (C(OH)–C–C–N with tert-alkyl or cyclic N) is 1. The zero-order chi connectivity index (χ0) is 27.9. The highest BCUT2D eigenvalue weighted by Gasteiger charge is 2.41. The molecule has 1 N–H and O–H groups in total. The topological polar surface area (TPSA) is 115 Å². The molecule has 202 valence electrons. The molecular formula is C29H28N2O7S. The molecule has 0 bridgehead atoms. The molecule has 0 unspecified atom stereocenters. The monoisotopic (exact) mass is 548 g/mol. The van der Waals surface area contributed by atoms with E-state index in [4.69, 9.17) is 9.47 Å². The summed E-state index contributed by atoms with van der Waals surface area (Å²) in [5.41, 5.74) is 3.97. The van der Waals surface area contributed by atoms with E-state index in [-0.39, 0.29) is 23.7 Å². The third kappa shape index (κ3) is 4.66. The number of nitrogens with zero attached hydrogens (tertiary/aromatic N) is 2. The molecular weight excluding hydrogens is 520 g/mol. The zero-order valence-electron chi connectivity index (χ0n) is 21.7. The zero-order valence-corrected chi connectivity index (χ0v) is 22.6. The lowest BCUT2D eigenvalue weighted by atomic mass is 10.1. The second-order valence-corrected chi connectivity index (χ2v) is 11.2. The number of carbonyl (C=O) groups excluding carboxylic acids is 2. The van der Waals surface area contributed by atoms with Gasteiger partial charge in [-0.2, -0.15) is 0 Å². The van der Waals surface area contributed by atoms with Gasteiger partial charge in [0.15, 0.2) is 0 Å². The number of benzene rings is 3. The Morgan fingerprint density at radius 1 is 1.03 bits per heavy atom. The Labute approximate surface area is 226 Å². The number of amides is 1. The Hall–Kier alpha value is -4.15. The van der Waals surface area contributed by atoms with Gasteiger partial charge in [0.2, 0.25) is 0 Å². The van der Waals surface area contributed by atoms with Gasteiger partial charge in [0, 0.05) is 16.8 Å². The molecule has 1 aromatic heterocycles. The molecule has 1 atom stereocenters. The van der Waals surface area contributed by atoms with Gasteiger partial charge in [-0.3, -0.25) is 4.79 Å². The predicted octanol–water partition coefficient (Wildman–Crippen LogP) is 4.01. The third-order valence-electron chi connectivity index (χ3n) is 6.68. The third-order valence-corrected chi connectivity index (χ3v) is 8.49. The second-order valence-electron chi connectivity index (χ2n) is 9.33. The maximum absolute atomic E-state index is 12.9. The molecule has 0 saturated heterocycles. The van der Waals surface area contributed by atoms with Crippen molar-refractivity contribution in [2.75, 3.05) is 19.8 Å². The van der Waals surface area contributed by atoms with Crippen LogP contribution in [0.2, 0.25) is 0 Å². The molecule has 5 rings (SSSR count). The van der Waals surface area contributed by atoms with Crippen LogP contribution in [0.3, 0.4) is 0 Å². The van der Waals surface area contributed by atoms with E-state index >= 15 is 0 Å². The Morgan fingerprint density at radius 2 is 1.74 bits per heavy atom. The number of hydrogen-bond donors (Lipinski definition) is 1. The fraction of sp³-hybridized carbons (Fsp3) is 0.241. The number of ether oxygens (including phenoxy) is 2. The Morgan fingerprint density at radius 3 is 2.44 bits per heavy atom. The molecule has 0 aliphatic carbocycles. The van der Waals surface area contributed by atoms with Crippen LogP contribution in [0.5, 0.6) is 5.75 Å². The number of aromatic nitrogens is 1. The molecule has 0 radical (unpaired) electrons. The van der Waals surface area contributed by atoms with Crippen molar-refractivity contribution in [3.05, 3.63) is 89.1 Å². The van der Waals surface area contributed by atoms with Crippen molar-refractivity contribution in [3.63, 3.8) is 0 Å². The Kier molecular flexibility index (Phi) is 6.92. The SMILES string of the molecule is CCOC(=O)c1c(C)n(-c2ccc(C)cc2)c2ccc(OC[C@H](O)CN3C(=O)c4ccccc4S3(=O)=O)cc12. The molecule has 2 heterocycles. The van der Waals surface area contributed by atoms with Crippen molar-refractivity contribution >= 4 is 32.8 Å². The van der Waals surface area contributed by atoms with Gasteiger partial charge in [0.25, 0.3) is 15.9 Å². The van der Waals surface area contributed by atoms with Crippen molar-refractivity contribution in [1.82, 2.24) is 8.87 Å². The lowest BCUT2D eigenvalue weighted by Crippen LogP contribution is -2.39. The van der Waals surface area contributed by atoms with Crippen molar-refractivity contribution < 1.29 is 32.6 Å². The number of carbonyl (C=O) groups is 2. The van der Waals surface area contributed by atoms with E-state index in [0.29, 0.717) is 26.7 Å². The van der Waals surface area contributed by atoms with E-state index < -0.39 is 34.5 Å². The highest BCUT2D eigenvalue weighted by Crippen LogP contribution is 2.33. The van der Waals surface area contributed by atoms with Crippen LogP contribution in [-0.2, 0) is 14.8 Å². The van der Waals surface area contributed by atoms with Gasteiger partial charge in [0.1, 0.15) is 23.4 Å². The maximum atomic E-state index is 12.9. The van der Waals surface area contributed by atoms with Gasteiger partial charge in [-0.15, -0.1) is 0 Å². The lowest BCUT2D eigenvalue weighted by molar-refractivity contribution is 0.0527. The summed E-state index contributed by atoms with van der Waals surface area (Å²) in [5, 5.41) is 11.2. The van der Waals surface area contributed by atoms with Gasteiger partial charge in [-0.25, -0.2) is 17.5 Å². The molecule has 4 aromatic rings. The van der Waals surface area contributed by atoms with Crippen LogP contribution in [0.15, 0.2) is 71.6 Å². The number of sulfonamides is 1. The highest BCUT2D eigenvalue weighted by atomic mass is 32.2. The van der Waals surface area contributed by atoms with Gasteiger partial charge in [-0.1, -0.05) is 29.8 Å². The average molecular weight is 549 g/mol. The number of hydrogen-bond acceptors (Lipinski definition) is 7. The number of aliphatic hydroxyl groups is 1. The summed E-state index contributed by atoms with van der Waals surface area (Å²) in [4.78, 5) is 25.5. The lowest BCUT2D eigenvalue weighted by Gasteiger charge is -2.19. The van der Waals surface area contributed by atoms with E-state index in [9.17, 15) is 23.1 Å². The van der Waals surface area contributed by atoms with Gasteiger partial charge < -0.3 is 19.1 Å². The normalized spacial score (nSPS) is 14.9. The first-order chi connectivity index (χ1) is 18.6. The van der Waals surface area contributed by atoms with Gasteiger partial charge in [0.05, 0.1) is 29.8 Å². The van der Waals surface area contributed by atoms with Crippen LogP contribution in [0, 0.1) is 13.8 Å². The minimum Gasteiger partial charge on any atom is -0.491 e. The van der Waals surface area contributed by atoms with Crippen molar-refractivity contribution in [1.29, 1.82) is 0 Å². The largest absolute Gasteiger partial charge is 0.491 e. The van der Waals surface area contributed by atoms with Crippen LogP contribution >= 0.6 is 0 Å². The molecule has 0 fully saturated rings. The van der Waals surface area contributed by atoms with Crippen LogP contribution < -0.4 is 4.74 Å². The van der Waals surface area contributed by atoms with Crippen molar-refractivity contribution in [2.24, 2.45) is 0 Å². The minimum absolute atomic E-state index is 0.0754. The summed E-state index contributed by atoms with van der Waals surface area (Å²) in [5.74, 6) is -0.773. The van der Waals surface area contributed by atoms with E-state index in [1.165, 1.54) is 12.1 Å². The van der Waals surface area contributed by atoms with E-state index in [1.54, 1.807) is 31.2 Å². The Bertz CT molecular complexity index is 1690. The predicted molar refractivity (Wildman–Crippen MR) is 145 cm³/mol. The Balaban J connectivity index is 1.40. The standard InChI is InChI=1S/C29H28N2O7S/c1-4-37-29(34)27-19(3)31(20-11-9-18(2)10-12-20)25-14-13-22(15-24(25)27)38-17-21(32)16-30-28(33)23-7-5-6-8-26(23)39(30,35)36/h5-15,21,32H,4,16-17H2,1-3H3/t21-/m1/s1. The average Bonchev–Trinajstić information content (AvgIpc) is 3.31. The summed E-state index contributed by atoms with van der Waals surface area (Å²) in [6.07, 6.45) is -1.28. The first-order valence-corrected chi connectivity index (χ1v) is 13.9. The van der Waals surface area contributed by atoms with Crippen LogP contribution in [0.25, 0.3) is 16.6 Å². The summed E-state index contributed by atoms with van der Waals surface area (Å²) >= 11 is 0. The summed E-state index contributed by atoms with van der Waals surface area (Å²) in [6, 6.07) is 19.1. The minimum atomic E-state index is -4.04. The number of aryl methyl sites for hydroxylation is 1. The summed E-state index contributed by atoms with van der Waals surface area (Å²) < 4.78 is 39.3. The number of rotatable bonds is 8. The molecule has 10 heteroatoms. The smallest absolute Gasteiger partial charge is 0.340 e. The molecule has 1 aliphatic rings.